The smallest absolute Gasteiger partial charge is 0.288 e. The highest BCUT2D eigenvalue weighted by atomic mass is 35.5. The number of nitro benzene ring substituents is 1. The van der Waals surface area contributed by atoms with E-state index in [0.717, 1.165) is 42.4 Å². The summed E-state index contributed by atoms with van der Waals surface area (Å²) in [5.74, 6) is 1.52. The minimum absolute atomic E-state index is 0.0143. The second kappa shape index (κ2) is 10.2. The normalized spacial score (nSPS) is 17.9. The molecule has 0 radical (unpaired) electrons. The highest BCUT2D eigenvalue weighted by Gasteiger charge is 2.23. The van der Waals surface area contributed by atoms with Crippen LogP contribution in [0.5, 0.6) is 0 Å². The molecular formula is C24H27ClN6O3. The summed E-state index contributed by atoms with van der Waals surface area (Å²) in [7, 11) is 3.95. The Bertz CT molecular complexity index is 1210. The number of hydrogen-bond acceptors (Lipinski definition) is 7. The molecule has 0 spiro atoms. The van der Waals surface area contributed by atoms with Crippen molar-refractivity contribution in [1.82, 2.24) is 15.3 Å². The van der Waals surface area contributed by atoms with Crippen LogP contribution < -0.4 is 15.5 Å². The minimum atomic E-state index is -0.589. The third kappa shape index (κ3) is 5.36. The third-order valence-corrected chi connectivity index (χ3v) is 6.46. The molecule has 0 bridgehead atoms. The zero-order valence-corrected chi connectivity index (χ0v) is 19.9. The molecule has 0 unspecified atom stereocenters. The van der Waals surface area contributed by atoms with E-state index in [-0.39, 0.29) is 28.2 Å². The van der Waals surface area contributed by atoms with E-state index in [2.05, 4.69) is 15.6 Å². The van der Waals surface area contributed by atoms with E-state index in [0.29, 0.717) is 18.4 Å². The molecule has 1 saturated carbocycles. The maximum Gasteiger partial charge on any atom is 0.288 e. The quantitative estimate of drug-likeness (QED) is 0.372. The summed E-state index contributed by atoms with van der Waals surface area (Å²) in [6, 6.07) is 12.3. The van der Waals surface area contributed by atoms with Crippen LogP contribution in [0.3, 0.4) is 0 Å². The highest BCUT2D eigenvalue weighted by Crippen LogP contribution is 2.29. The summed E-state index contributed by atoms with van der Waals surface area (Å²) >= 11 is 5.83. The Labute approximate surface area is 202 Å². The average molecular weight is 483 g/mol. The zero-order valence-electron chi connectivity index (χ0n) is 19.1. The van der Waals surface area contributed by atoms with Gasteiger partial charge in [-0.3, -0.25) is 14.9 Å². The number of anilines is 2. The van der Waals surface area contributed by atoms with Crippen LogP contribution >= 0.6 is 11.6 Å². The Balaban J connectivity index is 1.31. The molecular weight excluding hydrogens is 456 g/mol. The maximum atomic E-state index is 12.5. The zero-order chi connectivity index (χ0) is 24.2. The van der Waals surface area contributed by atoms with E-state index >= 15 is 0 Å². The van der Waals surface area contributed by atoms with Crippen LogP contribution in [-0.4, -0.2) is 47.5 Å². The SMILES string of the molecule is CN(C)c1nc(NC2CCC(CNC(=O)c3ccc(Cl)c([N+](=O)[O-])c3)CC2)nc2ccccc12. The molecule has 0 aliphatic heterocycles. The molecule has 1 aliphatic rings. The third-order valence-electron chi connectivity index (χ3n) is 6.14. The number of nitro groups is 1. The molecule has 3 aromatic rings. The van der Waals surface area contributed by atoms with Crippen LogP contribution in [0.1, 0.15) is 36.0 Å². The van der Waals surface area contributed by atoms with Gasteiger partial charge >= 0.3 is 0 Å². The van der Waals surface area contributed by atoms with Gasteiger partial charge in [0.15, 0.2) is 0 Å². The molecule has 10 heteroatoms. The van der Waals surface area contributed by atoms with Gasteiger partial charge in [-0.1, -0.05) is 23.7 Å². The summed E-state index contributed by atoms with van der Waals surface area (Å²) in [4.78, 5) is 34.3. The topological polar surface area (TPSA) is 113 Å². The molecule has 2 N–H and O–H groups in total. The number of para-hydroxylation sites is 1. The number of carbonyl (C=O) groups is 1. The molecule has 0 atom stereocenters. The van der Waals surface area contributed by atoms with Gasteiger partial charge in [-0.05, 0) is 55.9 Å². The molecule has 1 aromatic heterocycles. The molecule has 1 aliphatic carbocycles. The monoisotopic (exact) mass is 482 g/mol. The molecule has 9 nitrogen and oxygen atoms in total. The number of fused-ring (bicyclic) bond motifs is 1. The molecule has 34 heavy (non-hydrogen) atoms. The van der Waals surface area contributed by atoms with Gasteiger partial charge in [0.2, 0.25) is 5.95 Å². The van der Waals surface area contributed by atoms with Crippen molar-refractivity contribution < 1.29 is 9.72 Å². The summed E-state index contributed by atoms with van der Waals surface area (Å²) < 4.78 is 0. The van der Waals surface area contributed by atoms with Crippen molar-refractivity contribution in [2.45, 2.75) is 31.7 Å². The fourth-order valence-electron chi connectivity index (χ4n) is 4.29. The van der Waals surface area contributed by atoms with Crippen molar-refractivity contribution in [3.63, 3.8) is 0 Å². The van der Waals surface area contributed by atoms with Gasteiger partial charge in [0.1, 0.15) is 10.8 Å². The molecule has 1 amide bonds. The number of nitrogens with zero attached hydrogens (tertiary/aromatic N) is 4. The van der Waals surface area contributed by atoms with Gasteiger partial charge < -0.3 is 15.5 Å². The first-order chi connectivity index (χ1) is 16.3. The highest BCUT2D eigenvalue weighted by molar-refractivity contribution is 6.32. The number of carbonyl (C=O) groups excluding carboxylic acids is 1. The van der Waals surface area contributed by atoms with E-state index in [9.17, 15) is 14.9 Å². The molecule has 1 heterocycles. The van der Waals surface area contributed by atoms with Crippen LogP contribution in [0.15, 0.2) is 42.5 Å². The second-order valence-corrected chi connectivity index (χ2v) is 9.18. The first kappa shape index (κ1) is 23.7. The Morgan fingerprint density at radius 2 is 1.88 bits per heavy atom. The molecule has 0 saturated heterocycles. The van der Waals surface area contributed by atoms with Crippen LogP contribution in [0, 0.1) is 16.0 Å². The number of hydrogen-bond donors (Lipinski definition) is 2. The maximum absolute atomic E-state index is 12.5. The fourth-order valence-corrected chi connectivity index (χ4v) is 4.48. The molecule has 4 rings (SSSR count). The number of aromatic nitrogens is 2. The van der Waals surface area contributed by atoms with Gasteiger partial charge in [-0.15, -0.1) is 0 Å². The lowest BCUT2D eigenvalue weighted by molar-refractivity contribution is -0.384. The van der Waals surface area contributed by atoms with Gasteiger partial charge in [-0.25, -0.2) is 4.98 Å². The largest absolute Gasteiger partial charge is 0.362 e. The van der Waals surface area contributed by atoms with Crippen molar-refractivity contribution in [3.8, 4) is 0 Å². The summed E-state index contributed by atoms with van der Waals surface area (Å²) in [6.45, 7) is 0.527. The Morgan fingerprint density at radius 1 is 1.15 bits per heavy atom. The molecule has 2 aromatic carbocycles. The van der Waals surface area contributed by atoms with Gasteiger partial charge in [0.25, 0.3) is 11.6 Å². The van der Waals surface area contributed by atoms with Crippen molar-refractivity contribution in [3.05, 3.63) is 63.2 Å². The first-order valence-corrected chi connectivity index (χ1v) is 11.6. The minimum Gasteiger partial charge on any atom is -0.362 e. The lowest BCUT2D eigenvalue weighted by atomic mass is 9.86. The summed E-state index contributed by atoms with van der Waals surface area (Å²) in [5.41, 5.74) is 0.869. The lowest BCUT2D eigenvalue weighted by Crippen LogP contribution is -2.34. The van der Waals surface area contributed by atoms with Crippen molar-refractivity contribution in [2.75, 3.05) is 30.9 Å². The second-order valence-electron chi connectivity index (χ2n) is 8.78. The van der Waals surface area contributed by atoms with Crippen LogP contribution in [0.25, 0.3) is 10.9 Å². The number of rotatable bonds is 7. The standard InChI is InChI=1S/C24H27ClN6O3/c1-30(2)22-18-5-3-4-6-20(18)28-24(29-22)27-17-10-7-15(8-11-17)14-26-23(32)16-9-12-19(25)21(13-16)31(33)34/h3-6,9,12-13,15,17H,7-8,10-11,14H2,1-2H3,(H,26,32)(H,27,28,29). The summed E-state index contributed by atoms with van der Waals surface area (Å²) in [6.07, 6.45) is 3.79. The fraction of sp³-hybridized carbons (Fsp3) is 0.375. The van der Waals surface area contributed by atoms with Crippen LogP contribution in [0.4, 0.5) is 17.5 Å². The van der Waals surface area contributed by atoms with Crippen molar-refractivity contribution in [1.29, 1.82) is 0 Å². The predicted octanol–water partition coefficient (Wildman–Crippen LogP) is 4.66. The van der Waals surface area contributed by atoms with E-state index in [1.807, 2.05) is 43.3 Å². The van der Waals surface area contributed by atoms with Gasteiger partial charge in [-0.2, -0.15) is 4.98 Å². The van der Waals surface area contributed by atoms with E-state index in [1.54, 1.807) is 0 Å². The van der Waals surface area contributed by atoms with Crippen LogP contribution in [0.2, 0.25) is 5.02 Å². The van der Waals surface area contributed by atoms with E-state index < -0.39 is 4.92 Å². The Hall–Kier alpha value is -3.46. The number of amides is 1. The van der Waals surface area contributed by atoms with Crippen molar-refractivity contribution >= 4 is 45.9 Å². The number of benzene rings is 2. The number of halogens is 1. The summed E-state index contributed by atoms with van der Waals surface area (Å²) in [5, 5.41) is 18.5. The predicted molar refractivity (Wildman–Crippen MR) is 134 cm³/mol. The average Bonchev–Trinajstić information content (AvgIpc) is 2.83. The van der Waals surface area contributed by atoms with Gasteiger partial charge in [0, 0.05) is 43.7 Å². The molecule has 1 fully saturated rings. The number of nitrogens with one attached hydrogen (secondary N) is 2. The van der Waals surface area contributed by atoms with Crippen LogP contribution in [-0.2, 0) is 0 Å². The van der Waals surface area contributed by atoms with E-state index in [4.69, 9.17) is 16.6 Å². The van der Waals surface area contributed by atoms with E-state index in [1.165, 1.54) is 18.2 Å². The molecule has 178 valence electrons. The Kier molecular flexibility index (Phi) is 7.12. The first-order valence-electron chi connectivity index (χ1n) is 11.2. The van der Waals surface area contributed by atoms with Crippen molar-refractivity contribution in [2.24, 2.45) is 5.92 Å². The van der Waals surface area contributed by atoms with Gasteiger partial charge in [0.05, 0.1) is 10.4 Å². The lowest BCUT2D eigenvalue weighted by Gasteiger charge is -2.29. The Morgan fingerprint density at radius 3 is 2.59 bits per heavy atom.